The zero-order valence-electron chi connectivity index (χ0n) is 12.1. The molecule has 106 valence electrons. The van der Waals surface area contributed by atoms with Crippen molar-refractivity contribution < 1.29 is 9.53 Å². The molecule has 0 heterocycles. The summed E-state index contributed by atoms with van der Waals surface area (Å²) in [5, 5.41) is 3.41. The van der Waals surface area contributed by atoms with Crippen molar-refractivity contribution in [3.05, 3.63) is 35.4 Å². The molecule has 3 heteroatoms. The Hall–Kier alpha value is -1.35. The van der Waals surface area contributed by atoms with Crippen LogP contribution in [0.2, 0.25) is 0 Å². The Labute approximate surface area is 116 Å². The molecule has 0 saturated carbocycles. The molecule has 1 aromatic carbocycles. The van der Waals surface area contributed by atoms with Gasteiger partial charge in [0.2, 0.25) is 0 Å². The summed E-state index contributed by atoms with van der Waals surface area (Å²) < 4.78 is 4.91. The Bertz CT molecular complexity index is 360. The fourth-order valence-corrected chi connectivity index (χ4v) is 1.84. The number of unbranched alkanes of at least 4 members (excludes halogenated alkanes) is 1. The fourth-order valence-electron chi connectivity index (χ4n) is 1.84. The van der Waals surface area contributed by atoms with Crippen molar-refractivity contribution >= 4 is 5.97 Å². The van der Waals surface area contributed by atoms with E-state index < -0.39 is 0 Å². The van der Waals surface area contributed by atoms with Crippen molar-refractivity contribution in [2.75, 3.05) is 13.2 Å². The van der Waals surface area contributed by atoms with Crippen LogP contribution in [0.1, 0.15) is 44.2 Å². The number of hydrogen-bond donors (Lipinski definition) is 1. The van der Waals surface area contributed by atoms with E-state index in [2.05, 4.69) is 36.5 Å². The highest BCUT2D eigenvalue weighted by Gasteiger charge is 2.02. The SMILES string of the molecule is CCCCNCc1ccc(CCC(=O)OCC)cc1. The normalized spacial score (nSPS) is 10.4. The maximum atomic E-state index is 11.3. The number of hydrogen-bond acceptors (Lipinski definition) is 3. The predicted octanol–water partition coefficient (Wildman–Crippen LogP) is 3.07. The van der Waals surface area contributed by atoms with E-state index in [1.165, 1.54) is 24.0 Å². The van der Waals surface area contributed by atoms with Crippen LogP contribution in [0.3, 0.4) is 0 Å². The quantitative estimate of drug-likeness (QED) is 0.549. The first-order valence-corrected chi connectivity index (χ1v) is 7.20. The summed E-state index contributed by atoms with van der Waals surface area (Å²) in [6, 6.07) is 8.44. The Morgan fingerprint density at radius 2 is 1.84 bits per heavy atom. The minimum absolute atomic E-state index is 0.118. The van der Waals surface area contributed by atoms with Crippen LogP contribution >= 0.6 is 0 Å². The van der Waals surface area contributed by atoms with Crippen molar-refractivity contribution in [3.63, 3.8) is 0 Å². The van der Waals surface area contributed by atoms with Crippen molar-refractivity contribution in [1.29, 1.82) is 0 Å². The second kappa shape index (κ2) is 9.56. The topological polar surface area (TPSA) is 38.3 Å². The number of carbonyl (C=O) groups excluding carboxylic acids is 1. The highest BCUT2D eigenvalue weighted by atomic mass is 16.5. The second-order valence-electron chi connectivity index (χ2n) is 4.65. The van der Waals surface area contributed by atoms with Gasteiger partial charge in [0.05, 0.1) is 6.61 Å². The highest BCUT2D eigenvalue weighted by Crippen LogP contribution is 2.07. The number of nitrogens with one attached hydrogen (secondary N) is 1. The predicted molar refractivity (Wildman–Crippen MR) is 78.0 cm³/mol. The Kier molecular flexibility index (Phi) is 7.91. The number of ether oxygens (including phenoxy) is 1. The zero-order chi connectivity index (χ0) is 13.9. The van der Waals surface area contributed by atoms with Crippen LogP contribution < -0.4 is 5.32 Å². The first kappa shape index (κ1) is 15.7. The van der Waals surface area contributed by atoms with Gasteiger partial charge in [-0.25, -0.2) is 0 Å². The number of aryl methyl sites for hydroxylation is 1. The lowest BCUT2D eigenvalue weighted by molar-refractivity contribution is -0.143. The molecule has 1 N–H and O–H groups in total. The van der Waals surface area contributed by atoms with Crippen molar-refractivity contribution in [2.45, 2.75) is 46.1 Å². The number of esters is 1. The third-order valence-corrected chi connectivity index (χ3v) is 2.98. The number of rotatable bonds is 9. The largest absolute Gasteiger partial charge is 0.466 e. The first-order valence-electron chi connectivity index (χ1n) is 7.20. The van der Waals surface area contributed by atoms with Crippen LogP contribution in [0.5, 0.6) is 0 Å². The van der Waals surface area contributed by atoms with E-state index in [0.717, 1.165) is 19.5 Å². The zero-order valence-corrected chi connectivity index (χ0v) is 12.1. The minimum Gasteiger partial charge on any atom is -0.466 e. The van der Waals surface area contributed by atoms with Gasteiger partial charge in [-0.15, -0.1) is 0 Å². The molecule has 0 bridgehead atoms. The van der Waals surface area contributed by atoms with Crippen molar-refractivity contribution in [2.24, 2.45) is 0 Å². The molecule has 0 aliphatic carbocycles. The van der Waals surface area contributed by atoms with Crippen molar-refractivity contribution in [1.82, 2.24) is 5.32 Å². The Morgan fingerprint density at radius 3 is 2.47 bits per heavy atom. The molecule has 0 atom stereocenters. The fraction of sp³-hybridized carbons (Fsp3) is 0.562. The van der Waals surface area contributed by atoms with Crippen LogP contribution in [0.25, 0.3) is 0 Å². The van der Waals surface area contributed by atoms with E-state index in [9.17, 15) is 4.79 Å². The standard InChI is InChI=1S/C16H25NO2/c1-3-5-12-17-13-15-8-6-14(7-9-15)10-11-16(18)19-4-2/h6-9,17H,3-5,10-13H2,1-2H3. The van der Waals surface area contributed by atoms with Gasteiger partial charge < -0.3 is 10.1 Å². The summed E-state index contributed by atoms with van der Waals surface area (Å²) in [5.74, 6) is -0.118. The molecule has 0 amide bonds. The average Bonchev–Trinajstić information content (AvgIpc) is 2.43. The summed E-state index contributed by atoms with van der Waals surface area (Å²) in [7, 11) is 0. The molecular formula is C16H25NO2. The molecule has 0 saturated heterocycles. The molecule has 0 aliphatic rings. The van der Waals surface area contributed by atoms with Gasteiger partial charge in [-0.1, -0.05) is 37.6 Å². The second-order valence-corrected chi connectivity index (χ2v) is 4.65. The summed E-state index contributed by atoms with van der Waals surface area (Å²) in [6.07, 6.45) is 3.65. The van der Waals surface area contributed by atoms with Gasteiger partial charge in [-0.05, 0) is 37.4 Å². The van der Waals surface area contributed by atoms with E-state index in [1.54, 1.807) is 0 Å². The summed E-state index contributed by atoms with van der Waals surface area (Å²) in [6.45, 7) is 6.47. The lowest BCUT2D eigenvalue weighted by atomic mass is 10.1. The van der Waals surface area contributed by atoms with Crippen LogP contribution in [-0.4, -0.2) is 19.1 Å². The highest BCUT2D eigenvalue weighted by molar-refractivity contribution is 5.69. The summed E-state index contributed by atoms with van der Waals surface area (Å²) in [5.41, 5.74) is 2.47. The molecule has 0 spiro atoms. The van der Waals surface area contributed by atoms with E-state index in [4.69, 9.17) is 4.74 Å². The van der Waals surface area contributed by atoms with Crippen LogP contribution in [-0.2, 0) is 22.5 Å². The Balaban J connectivity index is 2.29. The summed E-state index contributed by atoms with van der Waals surface area (Å²) in [4.78, 5) is 11.3. The maximum absolute atomic E-state index is 11.3. The van der Waals surface area contributed by atoms with Crippen LogP contribution in [0.4, 0.5) is 0 Å². The van der Waals surface area contributed by atoms with Gasteiger partial charge in [0.25, 0.3) is 0 Å². The number of benzene rings is 1. The number of carbonyl (C=O) groups is 1. The molecule has 0 unspecified atom stereocenters. The van der Waals surface area contributed by atoms with E-state index in [-0.39, 0.29) is 5.97 Å². The van der Waals surface area contributed by atoms with E-state index in [1.807, 2.05) is 6.92 Å². The average molecular weight is 263 g/mol. The minimum atomic E-state index is -0.118. The molecule has 19 heavy (non-hydrogen) atoms. The third kappa shape index (κ3) is 6.97. The molecular weight excluding hydrogens is 238 g/mol. The van der Waals surface area contributed by atoms with Gasteiger partial charge in [-0.3, -0.25) is 4.79 Å². The van der Waals surface area contributed by atoms with Crippen molar-refractivity contribution in [3.8, 4) is 0 Å². The molecule has 0 fully saturated rings. The molecule has 1 aromatic rings. The lowest BCUT2D eigenvalue weighted by Gasteiger charge is -2.06. The monoisotopic (exact) mass is 263 g/mol. The maximum Gasteiger partial charge on any atom is 0.306 e. The van der Waals surface area contributed by atoms with E-state index in [0.29, 0.717) is 13.0 Å². The molecule has 1 rings (SSSR count). The molecule has 0 aliphatic heterocycles. The lowest BCUT2D eigenvalue weighted by Crippen LogP contribution is -2.14. The molecule has 3 nitrogen and oxygen atoms in total. The smallest absolute Gasteiger partial charge is 0.306 e. The third-order valence-electron chi connectivity index (χ3n) is 2.98. The van der Waals surface area contributed by atoms with Crippen LogP contribution in [0, 0.1) is 0 Å². The van der Waals surface area contributed by atoms with E-state index >= 15 is 0 Å². The van der Waals surface area contributed by atoms with Gasteiger partial charge in [-0.2, -0.15) is 0 Å². The summed E-state index contributed by atoms with van der Waals surface area (Å²) >= 11 is 0. The van der Waals surface area contributed by atoms with Gasteiger partial charge in [0.1, 0.15) is 0 Å². The first-order chi connectivity index (χ1) is 9.26. The molecule has 0 radical (unpaired) electrons. The Morgan fingerprint density at radius 1 is 1.16 bits per heavy atom. The van der Waals surface area contributed by atoms with Gasteiger partial charge >= 0.3 is 5.97 Å². The van der Waals surface area contributed by atoms with Gasteiger partial charge in [0, 0.05) is 13.0 Å². The van der Waals surface area contributed by atoms with Crippen LogP contribution in [0.15, 0.2) is 24.3 Å². The van der Waals surface area contributed by atoms with Gasteiger partial charge in [0.15, 0.2) is 0 Å². The molecule has 0 aromatic heterocycles.